The molecule has 1 unspecified atom stereocenters. The molecule has 0 bridgehead atoms. The van der Waals surface area contributed by atoms with Crippen molar-refractivity contribution in [3.8, 4) is 0 Å². The van der Waals surface area contributed by atoms with Gasteiger partial charge in [0.05, 0.1) is 6.61 Å². The predicted molar refractivity (Wildman–Crippen MR) is 84.1 cm³/mol. The number of methoxy groups -OCH3 is 1. The second kappa shape index (κ2) is 11.9. The quantitative estimate of drug-likeness (QED) is 0.597. The van der Waals surface area contributed by atoms with E-state index in [4.69, 9.17) is 9.47 Å². The van der Waals surface area contributed by atoms with Crippen molar-refractivity contribution in [2.24, 2.45) is 5.92 Å². The Hall–Kier alpha value is -0.900. The van der Waals surface area contributed by atoms with Crippen LogP contribution in [0, 0.1) is 5.92 Å². The Labute approximate surface area is 123 Å². The Morgan fingerprint density at radius 3 is 2.65 bits per heavy atom. The van der Waals surface area contributed by atoms with Crippen LogP contribution >= 0.6 is 0 Å². The van der Waals surface area contributed by atoms with Crippen molar-refractivity contribution in [3.63, 3.8) is 0 Å². The average molecular weight is 279 g/mol. The summed E-state index contributed by atoms with van der Waals surface area (Å²) < 4.78 is 10.5. The lowest BCUT2D eigenvalue weighted by atomic mass is 9.95. The largest absolute Gasteiger partial charge is 0.383 e. The van der Waals surface area contributed by atoms with Gasteiger partial charge in [-0.2, -0.15) is 0 Å². The van der Waals surface area contributed by atoms with Gasteiger partial charge in [-0.1, -0.05) is 30.3 Å². The van der Waals surface area contributed by atoms with Crippen molar-refractivity contribution in [2.75, 3.05) is 40.0 Å². The van der Waals surface area contributed by atoms with Gasteiger partial charge in [0.15, 0.2) is 0 Å². The molecule has 0 aromatic heterocycles. The van der Waals surface area contributed by atoms with Gasteiger partial charge in [0, 0.05) is 26.9 Å². The molecule has 1 N–H and O–H groups in total. The van der Waals surface area contributed by atoms with E-state index < -0.39 is 0 Å². The molecule has 1 aromatic rings. The summed E-state index contributed by atoms with van der Waals surface area (Å²) in [6, 6.07) is 10.7. The maximum atomic E-state index is 5.44. The normalized spacial score (nSPS) is 12.5. The van der Waals surface area contributed by atoms with Crippen molar-refractivity contribution < 1.29 is 9.47 Å². The van der Waals surface area contributed by atoms with Crippen molar-refractivity contribution >= 4 is 0 Å². The van der Waals surface area contributed by atoms with Crippen LogP contribution in [0.1, 0.15) is 25.3 Å². The molecule has 0 radical (unpaired) electrons. The molecule has 1 rings (SSSR count). The Balaban J connectivity index is 2.33. The predicted octanol–water partition coefficient (Wildman–Crippen LogP) is 2.90. The van der Waals surface area contributed by atoms with Crippen LogP contribution in [0.25, 0.3) is 0 Å². The average Bonchev–Trinajstić information content (AvgIpc) is 2.49. The summed E-state index contributed by atoms with van der Waals surface area (Å²) >= 11 is 0. The van der Waals surface area contributed by atoms with Crippen LogP contribution < -0.4 is 5.32 Å². The van der Waals surface area contributed by atoms with Crippen molar-refractivity contribution in [2.45, 2.75) is 26.2 Å². The number of benzene rings is 1. The molecule has 0 aliphatic carbocycles. The first-order chi connectivity index (χ1) is 9.86. The molecule has 0 saturated heterocycles. The van der Waals surface area contributed by atoms with Gasteiger partial charge < -0.3 is 14.8 Å². The molecule has 20 heavy (non-hydrogen) atoms. The van der Waals surface area contributed by atoms with E-state index in [0.29, 0.717) is 5.92 Å². The van der Waals surface area contributed by atoms with Crippen molar-refractivity contribution in [3.05, 3.63) is 35.9 Å². The fraction of sp³-hybridized carbons (Fsp3) is 0.647. The third kappa shape index (κ3) is 8.31. The highest BCUT2D eigenvalue weighted by Gasteiger charge is 2.09. The Bertz CT molecular complexity index is 304. The smallest absolute Gasteiger partial charge is 0.0587 e. The van der Waals surface area contributed by atoms with Gasteiger partial charge in [0.25, 0.3) is 0 Å². The summed E-state index contributed by atoms with van der Waals surface area (Å²) in [5.74, 6) is 0.662. The molecule has 3 heteroatoms. The Morgan fingerprint density at radius 2 is 1.95 bits per heavy atom. The molecule has 114 valence electrons. The van der Waals surface area contributed by atoms with E-state index in [1.165, 1.54) is 12.0 Å². The number of hydrogen-bond acceptors (Lipinski definition) is 3. The zero-order valence-corrected chi connectivity index (χ0v) is 12.9. The standard InChI is InChI=1S/C17H29NO2/c1-3-20-12-7-10-17(15-18-11-13-19-2)14-16-8-5-4-6-9-16/h4-6,8-9,17-18H,3,7,10-15H2,1-2H3. The monoisotopic (exact) mass is 279 g/mol. The van der Waals surface area contributed by atoms with Crippen LogP contribution in [0.2, 0.25) is 0 Å². The van der Waals surface area contributed by atoms with Crippen LogP contribution in [0.5, 0.6) is 0 Å². The van der Waals surface area contributed by atoms with Crippen LogP contribution in [0.3, 0.4) is 0 Å². The van der Waals surface area contributed by atoms with Gasteiger partial charge in [0.1, 0.15) is 0 Å². The lowest BCUT2D eigenvalue weighted by Crippen LogP contribution is -2.27. The van der Waals surface area contributed by atoms with Crippen LogP contribution in [0.15, 0.2) is 30.3 Å². The third-order valence-electron chi connectivity index (χ3n) is 3.39. The fourth-order valence-corrected chi connectivity index (χ4v) is 2.32. The molecule has 0 aliphatic rings. The molecule has 0 heterocycles. The fourth-order valence-electron chi connectivity index (χ4n) is 2.32. The molecule has 3 nitrogen and oxygen atoms in total. The molecule has 1 aromatic carbocycles. The Morgan fingerprint density at radius 1 is 1.15 bits per heavy atom. The van der Waals surface area contributed by atoms with Crippen molar-refractivity contribution in [1.82, 2.24) is 5.32 Å². The third-order valence-corrected chi connectivity index (χ3v) is 3.39. The summed E-state index contributed by atoms with van der Waals surface area (Å²) in [6.07, 6.45) is 3.47. The topological polar surface area (TPSA) is 30.5 Å². The molecular weight excluding hydrogens is 250 g/mol. The van der Waals surface area contributed by atoms with E-state index in [0.717, 1.165) is 45.8 Å². The van der Waals surface area contributed by atoms with Gasteiger partial charge in [-0.3, -0.25) is 0 Å². The molecule has 0 fully saturated rings. The van der Waals surface area contributed by atoms with Gasteiger partial charge in [-0.05, 0) is 44.2 Å². The summed E-state index contributed by atoms with van der Waals surface area (Å²) in [5, 5.41) is 3.48. The minimum absolute atomic E-state index is 0.662. The number of nitrogens with one attached hydrogen (secondary N) is 1. The highest BCUT2D eigenvalue weighted by molar-refractivity contribution is 5.15. The van der Waals surface area contributed by atoms with E-state index >= 15 is 0 Å². The lowest BCUT2D eigenvalue weighted by molar-refractivity contribution is 0.139. The lowest BCUT2D eigenvalue weighted by Gasteiger charge is -2.18. The van der Waals surface area contributed by atoms with Gasteiger partial charge >= 0.3 is 0 Å². The van der Waals surface area contributed by atoms with E-state index in [1.807, 2.05) is 6.92 Å². The summed E-state index contributed by atoms with van der Waals surface area (Å²) in [7, 11) is 1.74. The first kappa shape index (κ1) is 17.2. The molecule has 0 spiro atoms. The van der Waals surface area contributed by atoms with E-state index in [9.17, 15) is 0 Å². The zero-order valence-electron chi connectivity index (χ0n) is 12.9. The highest BCUT2D eigenvalue weighted by Crippen LogP contribution is 2.13. The molecule has 0 aliphatic heterocycles. The number of hydrogen-bond donors (Lipinski definition) is 1. The van der Waals surface area contributed by atoms with E-state index in [1.54, 1.807) is 7.11 Å². The van der Waals surface area contributed by atoms with Crippen molar-refractivity contribution in [1.29, 1.82) is 0 Å². The summed E-state index contributed by atoms with van der Waals surface area (Å²) in [5.41, 5.74) is 1.42. The second-order valence-electron chi connectivity index (χ2n) is 5.09. The summed E-state index contributed by atoms with van der Waals surface area (Å²) in [4.78, 5) is 0. The molecule has 0 saturated carbocycles. The van der Waals surface area contributed by atoms with Gasteiger partial charge in [-0.15, -0.1) is 0 Å². The zero-order chi connectivity index (χ0) is 14.5. The highest BCUT2D eigenvalue weighted by atomic mass is 16.5. The van der Waals surface area contributed by atoms with E-state index in [-0.39, 0.29) is 0 Å². The van der Waals surface area contributed by atoms with Crippen LogP contribution in [-0.4, -0.2) is 40.0 Å². The molecule has 0 amide bonds. The second-order valence-corrected chi connectivity index (χ2v) is 5.09. The van der Waals surface area contributed by atoms with Crippen LogP contribution in [0.4, 0.5) is 0 Å². The first-order valence-corrected chi connectivity index (χ1v) is 7.68. The molecular formula is C17H29NO2. The van der Waals surface area contributed by atoms with E-state index in [2.05, 4.69) is 35.6 Å². The maximum absolute atomic E-state index is 5.44. The maximum Gasteiger partial charge on any atom is 0.0587 e. The van der Waals surface area contributed by atoms with Gasteiger partial charge in [-0.25, -0.2) is 0 Å². The van der Waals surface area contributed by atoms with Crippen LogP contribution in [-0.2, 0) is 15.9 Å². The summed E-state index contributed by atoms with van der Waals surface area (Å²) in [6.45, 7) is 6.48. The SMILES string of the molecule is CCOCCCC(CNCCOC)Cc1ccccc1. The Kier molecular flexibility index (Phi) is 10.2. The first-order valence-electron chi connectivity index (χ1n) is 7.68. The minimum atomic E-state index is 0.662. The number of rotatable bonds is 12. The molecule has 1 atom stereocenters. The minimum Gasteiger partial charge on any atom is -0.383 e. The van der Waals surface area contributed by atoms with Gasteiger partial charge in [0.2, 0.25) is 0 Å². The number of ether oxygens (including phenoxy) is 2.